The van der Waals surface area contributed by atoms with E-state index < -0.39 is 17.3 Å². The molecule has 0 spiro atoms. The summed E-state index contributed by atoms with van der Waals surface area (Å²) >= 11 is 0. The first-order chi connectivity index (χ1) is 23.0. The topological polar surface area (TPSA) is 124 Å². The molecule has 0 unspecified atom stereocenters. The molecular weight excluding hydrogens is 620 g/mol. The molecule has 1 fully saturated rings. The summed E-state index contributed by atoms with van der Waals surface area (Å²) in [7, 11) is 0. The van der Waals surface area contributed by atoms with E-state index in [-0.39, 0.29) is 64.4 Å². The number of halogens is 2. The molecule has 2 aliphatic rings. The van der Waals surface area contributed by atoms with Crippen LogP contribution in [0.25, 0.3) is 28.0 Å². The fourth-order valence-corrected chi connectivity index (χ4v) is 6.39. The third-order valence-corrected chi connectivity index (χ3v) is 8.77. The zero-order chi connectivity index (χ0) is 33.9. The Kier molecular flexibility index (Phi) is 7.72. The van der Waals surface area contributed by atoms with Gasteiger partial charge in [-0.1, -0.05) is 25.6 Å². The van der Waals surface area contributed by atoms with Gasteiger partial charge in [0.2, 0.25) is 5.91 Å². The van der Waals surface area contributed by atoms with Gasteiger partial charge in [0.25, 0.3) is 0 Å². The van der Waals surface area contributed by atoms with E-state index in [0.717, 1.165) is 0 Å². The number of rotatable bonds is 3. The highest BCUT2D eigenvalue weighted by Crippen LogP contribution is 2.35. The maximum Gasteiger partial charge on any atom is 0.355 e. The average Bonchev–Trinajstić information content (AvgIpc) is 3.51. The fraction of sp³-hybridized carbons (Fsp3) is 0.324. The van der Waals surface area contributed by atoms with Gasteiger partial charge in [-0.05, 0) is 61.7 Å². The third-order valence-electron chi connectivity index (χ3n) is 8.77. The standard InChI is InChI=1S/C34H33F2N9O3/c1-6-29(46)43-13-20(5)44(14-19(43)4)32-25-11-27(36)31-24-10-23(7-8-26(24)35)48-17-22-16-42(41-40-22)15-21-9-28(30(18(2)3)37-12-21)45(33(25)38-31)34(47)39-32/h6-12,16,18-20H,1,13-15,17H2,2-5H3/t19-,20+/m1/s1. The predicted octanol–water partition coefficient (Wildman–Crippen LogP) is 4.39. The lowest BCUT2D eigenvalue weighted by atomic mass is 10.0. The molecule has 0 radical (unpaired) electrons. The molecule has 48 heavy (non-hydrogen) atoms. The van der Waals surface area contributed by atoms with Gasteiger partial charge >= 0.3 is 5.69 Å². The van der Waals surface area contributed by atoms with E-state index >= 15 is 8.78 Å². The lowest BCUT2D eigenvalue weighted by Gasteiger charge is -2.44. The Morgan fingerprint density at radius 3 is 2.67 bits per heavy atom. The van der Waals surface area contributed by atoms with E-state index in [4.69, 9.17) is 14.7 Å². The van der Waals surface area contributed by atoms with Crippen molar-refractivity contribution in [2.45, 2.75) is 58.8 Å². The second-order valence-corrected chi connectivity index (χ2v) is 12.5. The van der Waals surface area contributed by atoms with Gasteiger partial charge in [0.1, 0.15) is 41.2 Å². The van der Waals surface area contributed by atoms with Gasteiger partial charge in [0.15, 0.2) is 5.65 Å². The van der Waals surface area contributed by atoms with E-state index in [0.29, 0.717) is 42.3 Å². The number of hydrogen-bond donors (Lipinski definition) is 0. The minimum atomic E-state index is -0.812. The number of amides is 1. The van der Waals surface area contributed by atoms with Crippen LogP contribution in [0.4, 0.5) is 14.6 Å². The first-order valence-corrected chi connectivity index (χ1v) is 15.7. The molecule has 6 heterocycles. The molecule has 14 heteroatoms. The van der Waals surface area contributed by atoms with Gasteiger partial charge in [-0.25, -0.2) is 27.8 Å². The quantitative estimate of drug-likeness (QED) is 0.261. The van der Waals surface area contributed by atoms with Crippen molar-refractivity contribution in [1.29, 1.82) is 0 Å². The van der Waals surface area contributed by atoms with Gasteiger partial charge in [-0.2, -0.15) is 4.98 Å². The van der Waals surface area contributed by atoms with Gasteiger partial charge in [0.05, 0.1) is 29.5 Å². The molecule has 1 saturated heterocycles. The lowest BCUT2D eigenvalue weighted by molar-refractivity contribution is -0.128. The maximum absolute atomic E-state index is 16.3. The van der Waals surface area contributed by atoms with Crippen LogP contribution >= 0.6 is 0 Å². The van der Waals surface area contributed by atoms with Crippen molar-refractivity contribution in [3.63, 3.8) is 0 Å². The fourth-order valence-electron chi connectivity index (χ4n) is 6.39. The summed E-state index contributed by atoms with van der Waals surface area (Å²) in [5.74, 6) is -1.38. The number of carbonyl (C=O) groups is 1. The van der Waals surface area contributed by atoms with Gasteiger partial charge < -0.3 is 14.5 Å². The van der Waals surface area contributed by atoms with Gasteiger partial charge in [0, 0.05) is 36.9 Å². The summed E-state index contributed by atoms with van der Waals surface area (Å²) in [4.78, 5) is 44.4. The summed E-state index contributed by atoms with van der Waals surface area (Å²) in [6.07, 6.45) is 4.70. The third kappa shape index (κ3) is 5.36. The summed E-state index contributed by atoms with van der Waals surface area (Å²) in [5.41, 5.74) is 1.21. The van der Waals surface area contributed by atoms with Crippen molar-refractivity contribution in [1.82, 2.24) is 39.4 Å². The summed E-state index contributed by atoms with van der Waals surface area (Å²) in [5, 5.41) is 8.63. The second kappa shape index (κ2) is 11.9. The lowest BCUT2D eigenvalue weighted by Crippen LogP contribution is -2.58. The number of hydrogen-bond acceptors (Lipinski definition) is 9. The number of fused-ring (bicyclic) bond motifs is 9. The first kappa shape index (κ1) is 31.1. The minimum Gasteiger partial charge on any atom is -0.487 e. The normalized spacial score (nSPS) is 17.6. The molecule has 5 aromatic rings. The highest BCUT2D eigenvalue weighted by atomic mass is 19.1. The van der Waals surface area contributed by atoms with E-state index in [9.17, 15) is 9.59 Å². The molecule has 1 aromatic carbocycles. The minimum absolute atomic E-state index is 0.0470. The monoisotopic (exact) mass is 653 g/mol. The first-order valence-electron chi connectivity index (χ1n) is 15.7. The van der Waals surface area contributed by atoms with Crippen LogP contribution in [0.3, 0.4) is 0 Å². The van der Waals surface area contributed by atoms with Crippen LogP contribution in [-0.2, 0) is 17.9 Å². The Bertz CT molecular complexity index is 2160. The van der Waals surface area contributed by atoms with Crippen molar-refractivity contribution in [2.75, 3.05) is 18.0 Å². The molecule has 2 atom stereocenters. The van der Waals surface area contributed by atoms with Gasteiger partial charge in [-0.3, -0.25) is 9.78 Å². The van der Waals surface area contributed by atoms with Crippen LogP contribution in [0, 0.1) is 11.6 Å². The Morgan fingerprint density at radius 2 is 1.90 bits per heavy atom. The summed E-state index contributed by atoms with van der Waals surface area (Å²) in [6.45, 7) is 12.3. The predicted molar refractivity (Wildman–Crippen MR) is 174 cm³/mol. The van der Waals surface area contributed by atoms with Crippen molar-refractivity contribution in [3.8, 4) is 22.7 Å². The van der Waals surface area contributed by atoms with Crippen molar-refractivity contribution in [2.24, 2.45) is 0 Å². The molecular formula is C34H33F2N9O3. The zero-order valence-electron chi connectivity index (χ0n) is 26.9. The molecule has 0 saturated carbocycles. The molecule has 8 bridgehead atoms. The number of ether oxygens (including phenoxy) is 1. The summed E-state index contributed by atoms with van der Waals surface area (Å²) < 4.78 is 40.5. The van der Waals surface area contributed by atoms with Gasteiger partial charge in [-0.15, -0.1) is 5.10 Å². The maximum atomic E-state index is 16.3. The highest BCUT2D eigenvalue weighted by molar-refractivity contribution is 5.91. The molecule has 1 amide bonds. The number of nitrogens with zero attached hydrogens (tertiary/aromatic N) is 9. The number of benzene rings is 1. The Labute approximate surface area is 274 Å². The largest absolute Gasteiger partial charge is 0.487 e. The number of piperazine rings is 1. The molecule has 0 N–H and O–H groups in total. The Hall–Kier alpha value is -5.53. The average molecular weight is 654 g/mol. The molecule has 0 aliphatic carbocycles. The van der Waals surface area contributed by atoms with Crippen molar-refractivity contribution in [3.05, 3.63) is 94.5 Å². The van der Waals surface area contributed by atoms with Crippen LogP contribution in [0.1, 0.15) is 50.6 Å². The number of pyridine rings is 2. The second-order valence-electron chi connectivity index (χ2n) is 12.5. The van der Waals surface area contributed by atoms with Crippen LogP contribution in [0.15, 0.2) is 60.2 Å². The molecule has 7 rings (SSSR count). The molecule has 12 nitrogen and oxygen atoms in total. The van der Waals surface area contributed by atoms with Crippen molar-refractivity contribution >= 4 is 22.8 Å². The van der Waals surface area contributed by atoms with Crippen LogP contribution < -0.4 is 15.3 Å². The Morgan fingerprint density at radius 1 is 1.08 bits per heavy atom. The number of anilines is 1. The van der Waals surface area contributed by atoms with E-state index in [2.05, 4.69) is 21.9 Å². The van der Waals surface area contributed by atoms with Crippen LogP contribution in [0.2, 0.25) is 0 Å². The zero-order valence-corrected chi connectivity index (χ0v) is 26.9. The number of carbonyl (C=O) groups excluding carboxylic acids is 1. The van der Waals surface area contributed by atoms with E-state index in [1.54, 1.807) is 22.0 Å². The van der Waals surface area contributed by atoms with E-state index in [1.807, 2.05) is 38.7 Å². The smallest absolute Gasteiger partial charge is 0.355 e. The Balaban J connectivity index is 1.52. The SMILES string of the molecule is C=CC(=O)N1C[C@H](C)N(c2nc(=O)n3c4nc(c(F)cc24)-c2cc(ccc2F)OCc2cn(nn2)Cc2cnc(C(C)C)c-3c2)C[C@H]1C. The number of aromatic nitrogens is 7. The summed E-state index contributed by atoms with van der Waals surface area (Å²) in [6, 6.07) is 6.49. The van der Waals surface area contributed by atoms with Crippen LogP contribution in [0.5, 0.6) is 5.75 Å². The van der Waals surface area contributed by atoms with Crippen LogP contribution in [-0.4, -0.2) is 70.5 Å². The van der Waals surface area contributed by atoms with Crippen molar-refractivity contribution < 1.29 is 18.3 Å². The molecule has 4 aromatic heterocycles. The highest BCUT2D eigenvalue weighted by Gasteiger charge is 2.34. The molecule has 2 aliphatic heterocycles. The molecule has 246 valence electrons. The van der Waals surface area contributed by atoms with E-state index in [1.165, 1.54) is 34.9 Å².